The molecule has 0 aliphatic rings. The van der Waals surface area contributed by atoms with Gasteiger partial charge in [0.1, 0.15) is 7.40 Å². The molecule has 1 aromatic rings. The van der Waals surface area contributed by atoms with E-state index in [1.807, 2.05) is 0 Å². The Morgan fingerprint density at radius 1 is 1.08 bits per heavy atom. The highest BCUT2D eigenvalue weighted by Gasteiger charge is 2.31. The maximum atomic E-state index is 12.1. The molecule has 1 aromatic heterocycles. The summed E-state index contributed by atoms with van der Waals surface area (Å²) in [5.41, 5.74) is -0.647. The second kappa shape index (κ2) is 3.64. The summed E-state index contributed by atoms with van der Waals surface area (Å²) in [6.07, 6.45) is -4.28. The summed E-state index contributed by atoms with van der Waals surface area (Å²) in [7, 11) is 0. The summed E-state index contributed by atoms with van der Waals surface area (Å²) in [6, 6.07) is 2.03. The van der Waals surface area contributed by atoms with E-state index in [0.717, 1.165) is 12.1 Å². The van der Waals surface area contributed by atoms with Crippen molar-refractivity contribution in [3.63, 3.8) is 0 Å². The van der Waals surface area contributed by atoms with E-state index in [0.29, 0.717) is 7.40 Å². The minimum atomic E-state index is -4.28. The molecule has 0 saturated carbocycles. The van der Waals surface area contributed by atoms with E-state index in [4.69, 9.17) is 0 Å². The first kappa shape index (κ1) is 10.5. The van der Waals surface area contributed by atoms with Gasteiger partial charge in [-0.3, -0.25) is 0 Å². The van der Waals surface area contributed by atoms with Crippen molar-refractivity contribution in [1.82, 2.24) is 4.98 Å². The molecule has 12 heavy (non-hydrogen) atoms. The van der Waals surface area contributed by atoms with Crippen molar-refractivity contribution in [3.05, 3.63) is 25.1 Å². The lowest BCUT2D eigenvalue weighted by atomic mass is 10.3. The van der Waals surface area contributed by atoms with Crippen LogP contribution in [0.1, 0.15) is 5.56 Å². The van der Waals surface area contributed by atoms with Gasteiger partial charge in [0.15, 0.2) is 0 Å². The van der Waals surface area contributed by atoms with Gasteiger partial charge >= 0.3 is 6.18 Å². The normalized spacial score (nSPS) is 11.8. The van der Waals surface area contributed by atoms with E-state index < -0.39 is 11.7 Å². The highest BCUT2D eigenvalue weighted by atomic mass is 127. The van der Waals surface area contributed by atoms with E-state index in [2.05, 4.69) is 4.98 Å². The van der Waals surface area contributed by atoms with Crippen molar-refractivity contribution in [3.8, 4) is 0 Å². The standard InChI is InChI=1S/C6H2F3I2N/c7-6(8,9)3-1-4(10)12-5(11)2-3/h1-2H. The largest absolute Gasteiger partial charge is 0.416 e. The van der Waals surface area contributed by atoms with E-state index in [-0.39, 0.29) is 0 Å². The van der Waals surface area contributed by atoms with E-state index in [1.165, 1.54) is 0 Å². The van der Waals surface area contributed by atoms with Gasteiger partial charge in [0, 0.05) is 0 Å². The zero-order valence-corrected chi connectivity index (χ0v) is 9.81. The zero-order chi connectivity index (χ0) is 9.35. The molecule has 0 saturated heterocycles. The summed E-state index contributed by atoms with van der Waals surface area (Å²) in [5, 5.41) is 0. The SMILES string of the molecule is FC(F)(F)c1cc(I)nc(I)c1. The van der Waals surface area contributed by atoms with Crippen LogP contribution in [0.4, 0.5) is 13.2 Å². The van der Waals surface area contributed by atoms with Crippen LogP contribution in [0.15, 0.2) is 12.1 Å². The monoisotopic (exact) mass is 399 g/mol. The van der Waals surface area contributed by atoms with Crippen LogP contribution in [-0.2, 0) is 6.18 Å². The molecule has 1 nitrogen and oxygen atoms in total. The van der Waals surface area contributed by atoms with Gasteiger partial charge in [0.05, 0.1) is 5.56 Å². The quantitative estimate of drug-likeness (QED) is 0.482. The summed E-state index contributed by atoms with van der Waals surface area (Å²) >= 11 is 3.51. The molecular formula is C6H2F3I2N. The van der Waals surface area contributed by atoms with E-state index in [1.54, 1.807) is 45.2 Å². The highest BCUT2D eigenvalue weighted by molar-refractivity contribution is 14.1. The number of rotatable bonds is 0. The van der Waals surface area contributed by atoms with Crippen molar-refractivity contribution >= 4 is 45.2 Å². The van der Waals surface area contributed by atoms with Crippen LogP contribution in [0.5, 0.6) is 0 Å². The maximum absolute atomic E-state index is 12.1. The molecule has 0 fully saturated rings. The van der Waals surface area contributed by atoms with Crippen LogP contribution in [0.3, 0.4) is 0 Å². The van der Waals surface area contributed by atoms with Gasteiger partial charge in [-0.1, -0.05) is 0 Å². The van der Waals surface area contributed by atoms with Gasteiger partial charge in [-0.15, -0.1) is 0 Å². The van der Waals surface area contributed by atoms with Gasteiger partial charge in [0.2, 0.25) is 0 Å². The average Bonchev–Trinajstić information content (AvgIpc) is 1.82. The van der Waals surface area contributed by atoms with Crippen molar-refractivity contribution in [2.24, 2.45) is 0 Å². The molecule has 0 bridgehead atoms. The summed E-state index contributed by atoms with van der Waals surface area (Å²) < 4.78 is 37.0. The molecule has 0 atom stereocenters. The minimum absolute atomic E-state index is 0.354. The van der Waals surface area contributed by atoms with Gasteiger partial charge in [0.25, 0.3) is 0 Å². The lowest BCUT2D eigenvalue weighted by molar-refractivity contribution is -0.137. The third-order valence-electron chi connectivity index (χ3n) is 1.09. The first-order valence-electron chi connectivity index (χ1n) is 2.80. The smallest absolute Gasteiger partial charge is 0.236 e. The summed E-state index contributed by atoms with van der Waals surface area (Å²) in [6.45, 7) is 0. The zero-order valence-electron chi connectivity index (χ0n) is 5.49. The van der Waals surface area contributed by atoms with Crippen molar-refractivity contribution in [1.29, 1.82) is 0 Å². The van der Waals surface area contributed by atoms with Crippen LogP contribution in [-0.4, -0.2) is 4.98 Å². The van der Waals surface area contributed by atoms with Crippen LogP contribution in [0, 0.1) is 7.40 Å². The predicted octanol–water partition coefficient (Wildman–Crippen LogP) is 3.31. The second-order valence-electron chi connectivity index (χ2n) is 2.00. The molecule has 66 valence electrons. The van der Waals surface area contributed by atoms with Crippen LogP contribution < -0.4 is 0 Å². The number of hydrogen-bond donors (Lipinski definition) is 0. The molecule has 1 heterocycles. The van der Waals surface area contributed by atoms with Gasteiger partial charge in [-0.05, 0) is 57.3 Å². The molecule has 0 N–H and O–H groups in total. The Morgan fingerprint density at radius 3 is 1.83 bits per heavy atom. The number of alkyl halides is 3. The Morgan fingerprint density at radius 2 is 1.50 bits per heavy atom. The van der Waals surface area contributed by atoms with Crippen molar-refractivity contribution in [2.45, 2.75) is 6.18 Å². The Labute approximate surface area is 94.0 Å². The van der Waals surface area contributed by atoms with Crippen molar-refractivity contribution < 1.29 is 13.2 Å². The molecule has 0 spiro atoms. The molecule has 0 radical (unpaired) electrons. The molecule has 6 heteroatoms. The molecular weight excluding hydrogens is 397 g/mol. The third-order valence-corrected chi connectivity index (χ3v) is 2.20. The number of aromatic nitrogens is 1. The van der Waals surface area contributed by atoms with Gasteiger partial charge in [-0.25, -0.2) is 4.98 Å². The first-order chi connectivity index (χ1) is 5.39. The molecule has 0 aromatic carbocycles. The molecule has 1 rings (SSSR count). The summed E-state index contributed by atoms with van der Waals surface area (Å²) in [4.78, 5) is 3.82. The topological polar surface area (TPSA) is 12.9 Å². The predicted molar refractivity (Wildman–Crippen MR) is 54.7 cm³/mol. The number of hydrogen-bond acceptors (Lipinski definition) is 1. The third kappa shape index (κ3) is 2.71. The maximum Gasteiger partial charge on any atom is 0.416 e. The minimum Gasteiger partial charge on any atom is -0.236 e. The fraction of sp³-hybridized carbons (Fsp3) is 0.167. The van der Waals surface area contributed by atoms with Gasteiger partial charge < -0.3 is 0 Å². The number of pyridine rings is 1. The van der Waals surface area contributed by atoms with Crippen LogP contribution >= 0.6 is 45.2 Å². The molecule has 0 aliphatic heterocycles. The first-order valence-corrected chi connectivity index (χ1v) is 4.95. The van der Waals surface area contributed by atoms with Crippen molar-refractivity contribution in [2.75, 3.05) is 0 Å². The Hall–Kier alpha value is 0.400. The lowest BCUT2D eigenvalue weighted by Gasteiger charge is -2.06. The number of nitrogens with zero attached hydrogens (tertiary/aromatic N) is 1. The van der Waals surface area contributed by atoms with Gasteiger partial charge in [-0.2, -0.15) is 13.2 Å². The van der Waals surface area contributed by atoms with E-state index >= 15 is 0 Å². The second-order valence-corrected chi connectivity index (χ2v) is 4.21. The summed E-state index contributed by atoms with van der Waals surface area (Å²) in [5.74, 6) is 0. The lowest BCUT2D eigenvalue weighted by Crippen LogP contribution is -2.06. The molecule has 0 amide bonds. The Kier molecular flexibility index (Phi) is 3.18. The Balaban J connectivity index is 3.18. The average molecular weight is 399 g/mol. The number of halogens is 5. The van der Waals surface area contributed by atoms with Crippen LogP contribution in [0.25, 0.3) is 0 Å². The van der Waals surface area contributed by atoms with E-state index in [9.17, 15) is 13.2 Å². The van der Waals surface area contributed by atoms with Crippen LogP contribution in [0.2, 0.25) is 0 Å². The molecule has 0 aliphatic carbocycles. The molecule has 0 unspecified atom stereocenters. The highest BCUT2D eigenvalue weighted by Crippen LogP contribution is 2.30. The fourth-order valence-electron chi connectivity index (χ4n) is 0.629. The fourth-order valence-corrected chi connectivity index (χ4v) is 2.28. The Bertz CT molecular complexity index is 277.